The van der Waals surface area contributed by atoms with E-state index in [4.69, 9.17) is 9.02 Å². The van der Waals surface area contributed by atoms with Gasteiger partial charge in [0.2, 0.25) is 0 Å². The van der Waals surface area contributed by atoms with Crippen LogP contribution in [0.3, 0.4) is 0 Å². The van der Waals surface area contributed by atoms with Gasteiger partial charge in [0.05, 0.1) is 19.2 Å². The molecule has 0 spiro atoms. The van der Waals surface area contributed by atoms with Crippen molar-refractivity contribution >= 4 is 16.3 Å². The predicted molar refractivity (Wildman–Crippen MR) is 140 cm³/mol. The molecule has 0 N–H and O–H groups in total. The number of hydrogen-bond acceptors (Lipinski definition) is 5. The minimum atomic E-state index is -4.06. The van der Waals surface area contributed by atoms with Gasteiger partial charge in [-0.2, -0.15) is 8.42 Å². The molecule has 7 heteroatoms. The Morgan fingerprint density at radius 2 is 1.43 bits per heavy atom. The predicted octanol–water partition coefficient (Wildman–Crippen LogP) is 7.60. The van der Waals surface area contributed by atoms with Crippen molar-refractivity contribution < 1.29 is 21.8 Å². The van der Waals surface area contributed by atoms with Gasteiger partial charge >= 0.3 is 10.1 Å². The summed E-state index contributed by atoms with van der Waals surface area (Å²) in [5, 5.41) is 3.55. The van der Waals surface area contributed by atoms with E-state index >= 15 is 0 Å². The zero-order valence-corrected chi connectivity index (χ0v) is 21.9. The summed E-state index contributed by atoms with van der Waals surface area (Å²) in [6.45, 7) is 1.51. The van der Waals surface area contributed by atoms with Crippen LogP contribution in [0.1, 0.15) is 88.2 Å². The number of unbranched alkanes of at least 4 members (excludes halogenated alkanes) is 9. The third kappa shape index (κ3) is 10.8. The second-order valence-electron chi connectivity index (χ2n) is 8.89. The van der Waals surface area contributed by atoms with Crippen LogP contribution in [0.4, 0.5) is 4.39 Å². The number of methoxy groups -OCH3 is 1. The molecule has 2 aromatic rings. The Morgan fingerprint density at radius 3 is 1.97 bits per heavy atom. The Bertz CT molecular complexity index is 959. The van der Waals surface area contributed by atoms with Crippen molar-refractivity contribution in [2.24, 2.45) is 5.16 Å². The first kappa shape index (κ1) is 28.8. The van der Waals surface area contributed by atoms with E-state index in [1.807, 2.05) is 12.1 Å². The topological polar surface area (TPSA) is 65.0 Å². The van der Waals surface area contributed by atoms with Crippen LogP contribution in [0.15, 0.2) is 58.6 Å². The zero-order chi connectivity index (χ0) is 25.4. The van der Waals surface area contributed by atoms with Gasteiger partial charge in [0.25, 0.3) is 0 Å². The first-order chi connectivity index (χ1) is 17.0. The summed E-state index contributed by atoms with van der Waals surface area (Å²) in [6.07, 6.45) is 15.0. The lowest BCUT2D eigenvalue weighted by Gasteiger charge is -2.09. The molecule has 5 nitrogen and oxygen atoms in total. The monoisotopic (exact) mass is 505 g/mol. The van der Waals surface area contributed by atoms with E-state index in [1.165, 1.54) is 76.1 Å². The maximum Gasteiger partial charge on any atom is 0.358 e. The van der Waals surface area contributed by atoms with Gasteiger partial charge < -0.3 is 4.74 Å². The van der Waals surface area contributed by atoms with E-state index in [0.717, 1.165) is 18.4 Å². The summed E-state index contributed by atoms with van der Waals surface area (Å²) in [7, 11) is -2.51. The average Bonchev–Trinajstić information content (AvgIpc) is 2.88. The number of oxime groups is 1. The lowest BCUT2D eigenvalue weighted by atomic mass is 10.0. The molecule has 0 aliphatic rings. The quantitative estimate of drug-likeness (QED) is 0.119. The van der Waals surface area contributed by atoms with E-state index in [-0.39, 0.29) is 4.90 Å². The van der Waals surface area contributed by atoms with Crippen LogP contribution in [0.25, 0.3) is 0 Å². The number of benzene rings is 2. The van der Waals surface area contributed by atoms with Crippen molar-refractivity contribution in [1.29, 1.82) is 0 Å². The molecule has 0 bridgehead atoms. The fourth-order valence-corrected chi connectivity index (χ4v) is 4.62. The number of alkyl halides is 1. The van der Waals surface area contributed by atoms with Crippen molar-refractivity contribution in [2.75, 3.05) is 13.8 Å². The second-order valence-corrected chi connectivity index (χ2v) is 10.4. The first-order valence-electron chi connectivity index (χ1n) is 12.8. The summed E-state index contributed by atoms with van der Waals surface area (Å²) in [5.74, 6) is -0.0572. The van der Waals surface area contributed by atoms with Crippen LogP contribution in [0.5, 0.6) is 5.75 Å². The highest BCUT2D eigenvalue weighted by Crippen LogP contribution is 2.20. The molecule has 0 heterocycles. The molecular formula is C28H40FNO4S. The number of aryl methyl sites for hydroxylation is 1. The summed E-state index contributed by atoms with van der Waals surface area (Å²) in [6, 6.07) is 13.5. The minimum Gasteiger partial charge on any atom is -0.497 e. The fourth-order valence-electron chi connectivity index (χ4n) is 3.90. The van der Waals surface area contributed by atoms with E-state index in [9.17, 15) is 12.8 Å². The van der Waals surface area contributed by atoms with Gasteiger partial charge in [-0.05, 0) is 48.2 Å². The van der Waals surface area contributed by atoms with Crippen LogP contribution in [-0.2, 0) is 20.8 Å². The lowest BCUT2D eigenvalue weighted by Crippen LogP contribution is -2.06. The summed E-state index contributed by atoms with van der Waals surface area (Å²) in [4.78, 5) is 0.0303. The molecular weight excluding hydrogens is 465 g/mol. The van der Waals surface area contributed by atoms with Gasteiger partial charge in [-0.1, -0.05) is 94.1 Å². The Kier molecular flexibility index (Phi) is 13.4. The molecule has 1 atom stereocenters. The van der Waals surface area contributed by atoms with Gasteiger partial charge in [-0.15, -0.1) is 0 Å². The molecule has 0 aliphatic heterocycles. The second kappa shape index (κ2) is 16.3. The smallest absolute Gasteiger partial charge is 0.358 e. The molecule has 0 saturated carbocycles. The van der Waals surface area contributed by atoms with Crippen LogP contribution >= 0.6 is 0 Å². The standard InChI is InChI=1S/C28H40FNO4S/c1-3-4-5-6-7-8-9-10-11-12-13-24-14-20-28(21-15-24)35(31,32)34-30-23-26(22-29)25-16-18-27(33-2)19-17-25/h14-21,23,26H,3-13,22H2,1-2H3. The van der Waals surface area contributed by atoms with Crippen LogP contribution < -0.4 is 4.74 Å². The van der Waals surface area contributed by atoms with Crippen molar-refractivity contribution in [3.05, 3.63) is 59.7 Å². The van der Waals surface area contributed by atoms with Gasteiger partial charge in [0, 0.05) is 0 Å². The first-order valence-corrected chi connectivity index (χ1v) is 14.2. The molecule has 0 radical (unpaired) electrons. The Morgan fingerprint density at radius 1 is 0.857 bits per heavy atom. The minimum absolute atomic E-state index is 0.0303. The number of ether oxygens (including phenoxy) is 1. The Hall–Kier alpha value is -2.41. The molecule has 0 fully saturated rings. The SMILES string of the molecule is CCCCCCCCCCCCc1ccc(S(=O)(=O)ON=CC(CF)c2ccc(OC)cc2)cc1. The van der Waals surface area contributed by atoms with Gasteiger partial charge in [0.1, 0.15) is 17.3 Å². The van der Waals surface area contributed by atoms with Crippen molar-refractivity contribution in [3.8, 4) is 5.75 Å². The molecule has 2 rings (SSSR count). The molecule has 0 amide bonds. The third-order valence-corrected chi connectivity index (χ3v) is 7.26. The fraction of sp³-hybridized carbons (Fsp3) is 0.536. The summed E-state index contributed by atoms with van der Waals surface area (Å²) in [5.41, 5.74) is 1.75. The van der Waals surface area contributed by atoms with Crippen molar-refractivity contribution in [1.82, 2.24) is 0 Å². The van der Waals surface area contributed by atoms with Crippen LogP contribution in [-0.4, -0.2) is 28.4 Å². The highest BCUT2D eigenvalue weighted by molar-refractivity contribution is 7.86. The average molecular weight is 506 g/mol. The Labute approximate surface area is 210 Å². The highest BCUT2D eigenvalue weighted by Gasteiger charge is 2.16. The maximum atomic E-state index is 13.4. The number of hydrogen-bond donors (Lipinski definition) is 0. The van der Waals surface area contributed by atoms with E-state index in [1.54, 1.807) is 31.4 Å². The molecule has 2 aromatic carbocycles. The number of nitrogens with zero attached hydrogens (tertiary/aromatic N) is 1. The highest BCUT2D eigenvalue weighted by atomic mass is 32.2. The lowest BCUT2D eigenvalue weighted by molar-refractivity contribution is 0.337. The molecule has 0 aromatic heterocycles. The van der Waals surface area contributed by atoms with E-state index in [0.29, 0.717) is 11.3 Å². The summed E-state index contributed by atoms with van der Waals surface area (Å²) >= 11 is 0. The number of halogens is 1. The zero-order valence-electron chi connectivity index (χ0n) is 21.1. The van der Waals surface area contributed by atoms with Crippen LogP contribution in [0.2, 0.25) is 0 Å². The van der Waals surface area contributed by atoms with Gasteiger partial charge in [0.15, 0.2) is 0 Å². The van der Waals surface area contributed by atoms with Crippen LogP contribution in [0, 0.1) is 0 Å². The molecule has 35 heavy (non-hydrogen) atoms. The van der Waals surface area contributed by atoms with Gasteiger partial charge in [-0.25, -0.2) is 0 Å². The van der Waals surface area contributed by atoms with Crippen molar-refractivity contribution in [2.45, 2.75) is 88.4 Å². The molecule has 1 unspecified atom stereocenters. The molecule has 194 valence electrons. The number of rotatable bonds is 18. The molecule has 0 saturated heterocycles. The van der Waals surface area contributed by atoms with E-state index in [2.05, 4.69) is 12.1 Å². The molecule has 0 aliphatic carbocycles. The largest absolute Gasteiger partial charge is 0.497 e. The van der Waals surface area contributed by atoms with Crippen molar-refractivity contribution in [3.63, 3.8) is 0 Å². The summed E-state index contributed by atoms with van der Waals surface area (Å²) < 4.78 is 48.2. The van der Waals surface area contributed by atoms with E-state index < -0.39 is 22.7 Å². The normalized spacial score (nSPS) is 12.7. The van der Waals surface area contributed by atoms with Gasteiger partial charge in [-0.3, -0.25) is 8.67 Å². The third-order valence-electron chi connectivity index (χ3n) is 6.12. The maximum absolute atomic E-state index is 13.4. The Balaban J connectivity index is 1.74.